The normalized spacial score (nSPS) is 28.9. The maximum absolute atomic E-state index is 13.9. The van der Waals surface area contributed by atoms with Crippen LogP contribution in [0.2, 0.25) is 0 Å². The van der Waals surface area contributed by atoms with E-state index in [1.807, 2.05) is 12.4 Å². The van der Waals surface area contributed by atoms with E-state index in [1.54, 1.807) is 10.8 Å². The fourth-order valence-electron chi connectivity index (χ4n) is 9.62. The van der Waals surface area contributed by atoms with Gasteiger partial charge in [0.15, 0.2) is 11.7 Å². The van der Waals surface area contributed by atoms with Crippen molar-refractivity contribution in [3.05, 3.63) is 136 Å². The summed E-state index contributed by atoms with van der Waals surface area (Å²) in [5, 5.41) is 48.0. The Bertz CT molecular complexity index is 2780. The molecule has 1 amide bonds. The Labute approximate surface area is 388 Å². The van der Waals surface area contributed by atoms with Crippen LogP contribution in [0.5, 0.6) is 11.5 Å². The van der Waals surface area contributed by atoms with Gasteiger partial charge in [-0.15, -0.1) is 11.8 Å². The number of phenolic OH excluding ortho intramolecular Hbond substituents is 1. The van der Waals surface area contributed by atoms with E-state index in [1.165, 1.54) is 70.0 Å². The highest BCUT2D eigenvalue weighted by Crippen LogP contribution is 2.43. The maximum atomic E-state index is 13.9. The first-order valence-corrected chi connectivity index (χ1v) is 24.3. The van der Waals surface area contributed by atoms with Gasteiger partial charge in [-0.05, 0) is 95.3 Å². The summed E-state index contributed by atoms with van der Waals surface area (Å²) in [5.41, 5.74) is 7.85. The minimum atomic E-state index is -2.21. The van der Waals surface area contributed by atoms with E-state index in [-0.39, 0.29) is 58.3 Å². The smallest absolute Gasteiger partial charge is 0.335 e. The number of H-pyrrole nitrogens is 1. The first-order chi connectivity index (χ1) is 32.0. The second-order valence-corrected chi connectivity index (χ2v) is 19.4. The number of ether oxygens (including phenoxy) is 3. The molecule has 0 unspecified atom stereocenters. The van der Waals surface area contributed by atoms with E-state index in [4.69, 9.17) is 24.4 Å². The van der Waals surface area contributed by atoms with Crippen LogP contribution < -0.4 is 21.2 Å². The Morgan fingerprint density at radius 1 is 1.03 bits per heavy atom. The number of rotatable bonds is 7. The summed E-state index contributed by atoms with van der Waals surface area (Å²) in [6.07, 6.45) is 6.89. The summed E-state index contributed by atoms with van der Waals surface area (Å²) >= 11 is 0. The van der Waals surface area contributed by atoms with Gasteiger partial charge in [0.1, 0.15) is 35.2 Å². The van der Waals surface area contributed by atoms with Crippen molar-refractivity contribution >= 4 is 50.0 Å². The summed E-state index contributed by atoms with van der Waals surface area (Å²) in [5.74, 6) is 5.02. The predicted octanol–water partition coefficient (Wildman–Crippen LogP) is 6.53. The highest BCUT2D eigenvalue weighted by molar-refractivity contribution is 8.76. The Hall–Kier alpha value is -5.77. The molecular weight excluding hydrogens is 883 g/mol. The molecule has 4 heterocycles. The molecule has 0 radical (unpaired) electrons. The summed E-state index contributed by atoms with van der Waals surface area (Å²) in [4.78, 5) is 42.3. The zero-order chi connectivity index (χ0) is 46.0. The molecule has 5 aromatic rings. The predicted molar refractivity (Wildman–Crippen MR) is 252 cm³/mol. The monoisotopic (exact) mass is 931 g/mol. The van der Waals surface area contributed by atoms with Crippen LogP contribution in [-0.4, -0.2) is 92.3 Å². The number of amides is 1. The third kappa shape index (κ3) is 9.17. The molecule has 0 saturated carbocycles. The average Bonchev–Trinajstić information content (AvgIpc) is 3.84. The van der Waals surface area contributed by atoms with Gasteiger partial charge in [0.25, 0.3) is 5.91 Å². The third-order valence-corrected chi connectivity index (χ3v) is 15.1. The van der Waals surface area contributed by atoms with Gasteiger partial charge in [-0.1, -0.05) is 76.2 Å². The average molecular weight is 932 g/mol. The number of aliphatic carboxylic acids is 1. The van der Waals surface area contributed by atoms with Crippen molar-refractivity contribution in [1.29, 1.82) is 0 Å². The van der Waals surface area contributed by atoms with Crippen molar-refractivity contribution in [2.24, 2.45) is 17.6 Å². The van der Waals surface area contributed by atoms with Crippen molar-refractivity contribution in [1.82, 2.24) is 10.3 Å². The number of allylic oxidation sites excluding steroid dienone is 4. The van der Waals surface area contributed by atoms with Crippen molar-refractivity contribution in [2.75, 3.05) is 24.8 Å². The molecule has 342 valence electrons. The third-order valence-electron chi connectivity index (χ3n) is 13.0. The summed E-state index contributed by atoms with van der Waals surface area (Å²) < 4.78 is 24.3. The van der Waals surface area contributed by atoms with Crippen LogP contribution in [0, 0.1) is 23.7 Å². The fourth-order valence-corrected chi connectivity index (χ4v) is 11.7. The molecule has 66 heavy (non-hydrogen) atoms. The topological polar surface area (TPSA) is 227 Å². The van der Waals surface area contributed by atoms with Gasteiger partial charge < -0.3 is 55.1 Å². The molecule has 9 atom stereocenters. The van der Waals surface area contributed by atoms with E-state index in [0.717, 1.165) is 24.8 Å². The molecule has 8 N–H and O–H groups in total. The van der Waals surface area contributed by atoms with Gasteiger partial charge in [-0.2, -0.15) is 0 Å². The molecule has 2 fully saturated rings. The number of benzene rings is 3. The van der Waals surface area contributed by atoms with Gasteiger partial charge >= 0.3 is 5.97 Å². The van der Waals surface area contributed by atoms with E-state index >= 15 is 0 Å². The SMILES string of the molecule is NC(=O)c1oc2cc(O[C@@H]3O[C@H](C(=O)O)[C@@H](O)[C@@H]4OCSSC[C@H](c5cc[nH]c5)[C@H]([C@H]5CC#CCC[C@@H]6C=C/C(=C/C5)c5ccccc56)CNC[C@]34O)ccc2c(=O)c1-c1ccc(O)cc1. The molecule has 16 heteroatoms. The quantitative estimate of drug-likeness (QED) is 0.0681. The minimum absolute atomic E-state index is 0.0214. The number of nitrogens with two attached hydrogens (primary N) is 1. The standard InChI is InChI=1S/C50H49N3O11S2/c51-47(57)44-41(31-14-16-33(54)17-15-31)42(55)37-19-18-34(22-40(37)63-44)62-49-50(60)26-53-24-38(29-7-3-1-2-6-28-10-12-30(13-11-29)36-9-5-4-8-35(28)36)39(32-20-21-52-23-32)25-65-66-27-61-46(50)43(56)45(64-49)48(58)59/h4-5,8-10,12-23,28-29,38-39,43,45-46,49,52-54,56,60H,2,6-7,11,24-27H2,(H2,51,57)(H,58,59)/b30-13-/t28-,29+,38+,39-,43-,45+,46+,49-,50-/m1/s1. The lowest BCUT2D eigenvalue weighted by atomic mass is 9.75. The number of aromatic nitrogens is 1. The molecule has 2 bridgehead atoms. The van der Waals surface area contributed by atoms with E-state index in [2.05, 4.69) is 70.7 Å². The van der Waals surface area contributed by atoms with Crippen LogP contribution in [0.25, 0.3) is 27.7 Å². The molecule has 2 aliphatic heterocycles. The zero-order valence-corrected chi connectivity index (χ0v) is 37.3. The second kappa shape index (κ2) is 19.6. The number of phenols is 1. The number of nitrogens with one attached hydrogen (secondary N) is 2. The number of carboxylic acids is 1. The van der Waals surface area contributed by atoms with Crippen molar-refractivity contribution in [2.45, 2.75) is 67.7 Å². The minimum Gasteiger partial charge on any atom is -0.508 e. The number of carboxylic acid groups (broad SMARTS) is 1. The number of carbonyl (C=O) groups is 2. The Morgan fingerprint density at radius 3 is 2.65 bits per heavy atom. The molecule has 0 spiro atoms. The van der Waals surface area contributed by atoms with E-state index < -0.39 is 53.3 Å². The van der Waals surface area contributed by atoms with Crippen molar-refractivity contribution < 1.29 is 48.6 Å². The number of fused-ring (bicyclic) bond motifs is 8. The number of aromatic hydroxyl groups is 1. The molecule has 5 aliphatic rings. The van der Waals surface area contributed by atoms with E-state index in [0.29, 0.717) is 30.2 Å². The maximum Gasteiger partial charge on any atom is 0.335 e. The summed E-state index contributed by atoms with van der Waals surface area (Å²) in [6.45, 7) is 0.118. The number of aliphatic hydroxyl groups is 2. The second-order valence-electron chi connectivity index (χ2n) is 17.0. The Kier molecular flexibility index (Phi) is 13.5. The Morgan fingerprint density at radius 2 is 1.86 bits per heavy atom. The van der Waals surface area contributed by atoms with E-state index in [9.17, 15) is 34.8 Å². The van der Waals surface area contributed by atoms with Gasteiger partial charge in [0.05, 0.1) is 10.9 Å². The number of primary amides is 1. The lowest BCUT2D eigenvalue weighted by Gasteiger charge is -2.48. The lowest BCUT2D eigenvalue weighted by molar-refractivity contribution is -0.316. The molecule has 3 aromatic carbocycles. The van der Waals surface area contributed by atoms with Crippen LogP contribution in [0.15, 0.2) is 113 Å². The number of hydrogen-bond acceptors (Lipinski definition) is 13. The van der Waals surface area contributed by atoms with Crippen LogP contribution in [0.4, 0.5) is 0 Å². The molecule has 3 aliphatic carbocycles. The molecular formula is C50H49N3O11S2. The number of aromatic amines is 1. The van der Waals surface area contributed by atoms with Crippen LogP contribution >= 0.6 is 21.6 Å². The summed E-state index contributed by atoms with van der Waals surface area (Å²) in [6, 6.07) is 20.4. The lowest BCUT2D eigenvalue weighted by Crippen LogP contribution is -2.72. The van der Waals surface area contributed by atoms with Crippen LogP contribution in [0.3, 0.4) is 0 Å². The highest BCUT2D eigenvalue weighted by Gasteiger charge is 2.59. The van der Waals surface area contributed by atoms with Gasteiger partial charge in [-0.25, -0.2) is 4.79 Å². The number of hydrogen-bond donors (Lipinski definition) is 7. The van der Waals surface area contributed by atoms with Gasteiger partial charge in [0.2, 0.25) is 17.5 Å². The molecule has 10 rings (SSSR count). The zero-order valence-electron chi connectivity index (χ0n) is 35.6. The van der Waals surface area contributed by atoms with Crippen molar-refractivity contribution in [3.63, 3.8) is 0 Å². The van der Waals surface area contributed by atoms with Crippen LogP contribution in [0.1, 0.15) is 64.8 Å². The number of β-amino-alcohol motifs (C(OH)–C–C–N with tert-alkyl or cyclic N) is 1. The largest absolute Gasteiger partial charge is 0.508 e. The van der Waals surface area contributed by atoms with Gasteiger partial charge in [0, 0.05) is 49.5 Å². The van der Waals surface area contributed by atoms with Crippen LogP contribution in [-0.2, 0) is 14.3 Å². The first kappa shape index (κ1) is 45.4. The summed E-state index contributed by atoms with van der Waals surface area (Å²) in [7, 11) is 2.97. The first-order valence-electron chi connectivity index (χ1n) is 21.8. The Balaban J connectivity index is 1.06. The fraction of sp³-hybridized carbons (Fsp3) is 0.340. The molecule has 2 saturated heterocycles. The highest BCUT2D eigenvalue weighted by atomic mass is 33.1. The molecule has 14 nitrogen and oxygen atoms in total. The molecule has 2 aromatic heterocycles. The van der Waals surface area contributed by atoms with Gasteiger partial charge in [-0.3, -0.25) is 9.59 Å². The number of aliphatic hydroxyl groups excluding tert-OH is 1. The van der Waals surface area contributed by atoms with Crippen molar-refractivity contribution in [3.8, 4) is 34.5 Å². The number of carbonyl (C=O) groups excluding carboxylic acids is 1.